The first-order chi connectivity index (χ1) is 10.5. The fourth-order valence-electron chi connectivity index (χ4n) is 2.79. The number of hydrogen-bond donors (Lipinski definition) is 1. The smallest absolute Gasteiger partial charge is 0.227 e. The van der Waals surface area contributed by atoms with Crippen molar-refractivity contribution < 1.29 is 13.6 Å². The van der Waals surface area contributed by atoms with E-state index in [1.54, 1.807) is 11.1 Å². The Morgan fingerprint density at radius 1 is 1.41 bits per heavy atom. The molecule has 1 unspecified atom stereocenters. The van der Waals surface area contributed by atoms with Crippen LogP contribution in [0.4, 0.5) is 8.78 Å². The zero-order valence-electron chi connectivity index (χ0n) is 12.3. The quantitative estimate of drug-likeness (QED) is 0.947. The number of carbonyl (C=O) groups is 1. The Morgan fingerprint density at radius 3 is 2.91 bits per heavy atom. The molecule has 1 saturated heterocycles. The number of H-pyrrole nitrogens is 1. The molecule has 1 aromatic carbocycles. The second-order valence-corrected chi connectivity index (χ2v) is 5.70. The number of aromatic nitrogens is 2. The largest absolute Gasteiger partial charge is 0.346 e. The molecule has 0 saturated carbocycles. The summed E-state index contributed by atoms with van der Waals surface area (Å²) in [5.41, 5.74) is 1.49. The summed E-state index contributed by atoms with van der Waals surface area (Å²) in [5.74, 6) is -0.777. The van der Waals surface area contributed by atoms with Crippen LogP contribution in [0, 0.1) is 18.6 Å². The van der Waals surface area contributed by atoms with Gasteiger partial charge >= 0.3 is 0 Å². The second-order valence-electron chi connectivity index (χ2n) is 5.70. The molecule has 1 N–H and O–H groups in total. The molecule has 0 bridgehead atoms. The molecule has 22 heavy (non-hydrogen) atoms. The lowest BCUT2D eigenvalue weighted by atomic mass is 10.1. The number of likely N-dealkylation sites (tertiary alicyclic amines) is 1. The summed E-state index contributed by atoms with van der Waals surface area (Å²) in [7, 11) is 0. The number of nitrogens with one attached hydrogen (secondary N) is 1. The normalized spacial score (nSPS) is 18.0. The lowest BCUT2D eigenvalue weighted by Crippen LogP contribution is -2.30. The number of halogens is 2. The van der Waals surface area contributed by atoms with Crippen LogP contribution >= 0.6 is 0 Å². The first kappa shape index (κ1) is 14.7. The maximum absolute atomic E-state index is 13.2. The zero-order valence-corrected chi connectivity index (χ0v) is 12.3. The summed E-state index contributed by atoms with van der Waals surface area (Å²) in [6.07, 6.45) is 2.72. The standard InChI is InChI=1S/C16H17F2N3O/c1-10-8-19-16(20-10)12-4-5-21(9-12)15(22)7-11-2-3-13(17)14(18)6-11/h2-3,6,8,12H,4-5,7,9H2,1H3,(H,19,20). The Kier molecular flexibility index (Phi) is 3.92. The van der Waals surface area contributed by atoms with Crippen LogP contribution < -0.4 is 0 Å². The van der Waals surface area contributed by atoms with E-state index in [1.807, 2.05) is 6.92 Å². The van der Waals surface area contributed by atoms with Gasteiger partial charge in [0.15, 0.2) is 11.6 Å². The molecule has 1 aliphatic heterocycles. The van der Waals surface area contributed by atoms with Gasteiger partial charge < -0.3 is 9.88 Å². The maximum Gasteiger partial charge on any atom is 0.227 e. The van der Waals surface area contributed by atoms with Crippen molar-refractivity contribution in [2.75, 3.05) is 13.1 Å². The number of aryl methyl sites for hydroxylation is 1. The molecule has 1 aromatic heterocycles. The molecule has 1 amide bonds. The topological polar surface area (TPSA) is 49.0 Å². The van der Waals surface area contributed by atoms with Gasteiger partial charge in [-0.3, -0.25) is 4.79 Å². The van der Waals surface area contributed by atoms with Crippen LogP contribution in [0.15, 0.2) is 24.4 Å². The number of rotatable bonds is 3. The molecule has 0 spiro atoms. The highest BCUT2D eigenvalue weighted by Crippen LogP contribution is 2.25. The van der Waals surface area contributed by atoms with E-state index in [2.05, 4.69) is 9.97 Å². The summed E-state index contributed by atoms with van der Waals surface area (Å²) in [4.78, 5) is 21.5. The number of carbonyl (C=O) groups excluding carboxylic acids is 1. The van der Waals surface area contributed by atoms with Gasteiger partial charge in [-0.2, -0.15) is 0 Å². The lowest BCUT2D eigenvalue weighted by Gasteiger charge is -2.16. The van der Waals surface area contributed by atoms with Gasteiger partial charge in [0.25, 0.3) is 0 Å². The Morgan fingerprint density at radius 2 is 2.23 bits per heavy atom. The number of nitrogens with zero attached hydrogens (tertiary/aromatic N) is 2. The van der Waals surface area contributed by atoms with Gasteiger partial charge in [-0.25, -0.2) is 13.8 Å². The van der Waals surface area contributed by atoms with E-state index >= 15 is 0 Å². The lowest BCUT2D eigenvalue weighted by molar-refractivity contribution is -0.129. The fourth-order valence-corrected chi connectivity index (χ4v) is 2.79. The minimum Gasteiger partial charge on any atom is -0.346 e. The van der Waals surface area contributed by atoms with Gasteiger partial charge in [0, 0.05) is 30.9 Å². The average molecular weight is 305 g/mol. The Bertz CT molecular complexity index is 698. The predicted octanol–water partition coefficient (Wildman–Crippen LogP) is 2.55. The van der Waals surface area contributed by atoms with Crippen LogP contribution in [0.25, 0.3) is 0 Å². The van der Waals surface area contributed by atoms with Crippen LogP contribution in [0.5, 0.6) is 0 Å². The van der Waals surface area contributed by atoms with E-state index in [4.69, 9.17) is 0 Å². The van der Waals surface area contributed by atoms with E-state index in [9.17, 15) is 13.6 Å². The SMILES string of the molecule is Cc1cnc(C2CCN(C(=O)Cc3ccc(F)c(F)c3)C2)[nH]1. The number of imidazole rings is 1. The fraction of sp³-hybridized carbons (Fsp3) is 0.375. The van der Waals surface area contributed by atoms with Crippen molar-refractivity contribution in [2.24, 2.45) is 0 Å². The summed E-state index contributed by atoms with van der Waals surface area (Å²) >= 11 is 0. The molecule has 2 heterocycles. The molecule has 0 aliphatic carbocycles. The number of hydrogen-bond acceptors (Lipinski definition) is 2. The molecule has 1 fully saturated rings. The Hall–Kier alpha value is -2.24. The van der Waals surface area contributed by atoms with Crippen molar-refractivity contribution in [1.29, 1.82) is 0 Å². The highest BCUT2D eigenvalue weighted by molar-refractivity contribution is 5.79. The van der Waals surface area contributed by atoms with E-state index in [-0.39, 0.29) is 18.2 Å². The van der Waals surface area contributed by atoms with Crippen molar-refractivity contribution in [1.82, 2.24) is 14.9 Å². The summed E-state index contributed by atoms with van der Waals surface area (Å²) < 4.78 is 26.1. The molecule has 1 aliphatic rings. The average Bonchev–Trinajstić information content (AvgIpc) is 3.11. The van der Waals surface area contributed by atoms with E-state index in [0.29, 0.717) is 18.7 Å². The van der Waals surface area contributed by atoms with E-state index < -0.39 is 11.6 Å². The van der Waals surface area contributed by atoms with Gasteiger partial charge in [0.05, 0.1) is 6.42 Å². The van der Waals surface area contributed by atoms with E-state index in [0.717, 1.165) is 30.1 Å². The molecular formula is C16H17F2N3O. The van der Waals surface area contributed by atoms with Crippen molar-refractivity contribution in [3.8, 4) is 0 Å². The van der Waals surface area contributed by atoms with Gasteiger partial charge in [0.2, 0.25) is 5.91 Å². The molecular weight excluding hydrogens is 288 g/mol. The first-order valence-corrected chi connectivity index (χ1v) is 7.26. The summed E-state index contributed by atoms with van der Waals surface area (Å²) in [5, 5.41) is 0. The van der Waals surface area contributed by atoms with Crippen LogP contribution in [-0.2, 0) is 11.2 Å². The Balaban J connectivity index is 1.62. The van der Waals surface area contributed by atoms with Crippen LogP contribution in [0.1, 0.15) is 29.4 Å². The molecule has 6 heteroatoms. The van der Waals surface area contributed by atoms with Crippen molar-refractivity contribution in [3.05, 3.63) is 53.1 Å². The maximum atomic E-state index is 13.2. The molecule has 0 radical (unpaired) electrons. The summed E-state index contributed by atoms with van der Waals surface area (Å²) in [6.45, 7) is 3.21. The second kappa shape index (κ2) is 5.87. The van der Waals surface area contributed by atoms with Gasteiger partial charge in [0.1, 0.15) is 5.82 Å². The third-order valence-electron chi connectivity index (χ3n) is 3.99. The van der Waals surface area contributed by atoms with Gasteiger partial charge in [-0.15, -0.1) is 0 Å². The number of aromatic amines is 1. The molecule has 2 aromatic rings. The highest BCUT2D eigenvalue weighted by Gasteiger charge is 2.28. The van der Waals surface area contributed by atoms with Crippen molar-refractivity contribution in [2.45, 2.75) is 25.7 Å². The molecule has 1 atom stereocenters. The summed E-state index contributed by atoms with van der Waals surface area (Å²) in [6, 6.07) is 3.58. The highest BCUT2D eigenvalue weighted by atomic mass is 19.2. The minimum absolute atomic E-state index is 0.0724. The monoisotopic (exact) mass is 305 g/mol. The predicted molar refractivity (Wildman–Crippen MR) is 77.3 cm³/mol. The zero-order chi connectivity index (χ0) is 15.7. The molecule has 3 rings (SSSR count). The minimum atomic E-state index is -0.921. The van der Waals surface area contributed by atoms with Crippen molar-refractivity contribution in [3.63, 3.8) is 0 Å². The molecule has 116 valence electrons. The number of amides is 1. The molecule has 4 nitrogen and oxygen atoms in total. The third kappa shape index (κ3) is 3.00. The van der Waals surface area contributed by atoms with Crippen LogP contribution in [0.2, 0.25) is 0 Å². The number of benzene rings is 1. The van der Waals surface area contributed by atoms with Gasteiger partial charge in [-0.1, -0.05) is 6.07 Å². The third-order valence-corrected chi connectivity index (χ3v) is 3.99. The van der Waals surface area contributed by atoms with Crippen molar-refractivity contribution >= 4 is 5.91 Å². The van der Waals surface area contributed by atoms with E-state index in [1.165, 1.54) is 6.07 Å². The van der Waals surface area contributed by atoms with Crippen LogP contribution in [-0.4, -0.2) is 33.9 Å². The van der Waals surface area contributed by atoms with Crippen LogP contribution in [0.3, 0.4) is 0 Å². The first-order valence-electron chi connectivity index (χ1n) is 7.26. The Labute approximate surface area is 127 Å². The van der Waals surface area contributed by atoms with Gasteiger partial charge in [-0.05, 0) is 31.0 Å².